The zero-order valence-corrected chi connectivity index (χ0v) is 12.1. The first-order valence-corrected chi connectivity index (χ1v) is 7.66. The summed E-state index contributed by atoms with van der Waals surface area (Å²) < 4.78 is 10.6. The fourth-order valence-corrected chi connectivity index (χ4v) is 3.35. The van der Waals surface area contributed by atoms with Gasteiger partial charge in [0.1, 0.15) is 5.75 Å². The first kappa shape index (κ1) is 13.4. The molecule has 0 aliphatic carbocycles. The van der Waals surface area contributed by atoms with Crippen LogP contribution in [0.1, 0.15) is 29.6 Å². The number of rotatable bonds is 4. The van der Waals surface area contributed by atoms with Gasteiger partial charge in [-0.05, 0) is 49.6 Å². The summed E-state index contributed by atoms with van der Waals surface area (Å²) in [7, 11) is 0. The number of furan rings is 1. The number of fused-ring (bicyclic) bond motifs is 2. The molecule has 0 unspecified atom stereocenters. The molecule has 4 rings (SSSR count). The highest BCUT2D eigenvalue weighted by atomic mass is 16.6. The SMILES string of the molecule is O=C(N[C@@H]1C[C@H]2CC[C@@H]1N2)c1ccc(Oc2ccco2)cc1. The molecule has 2 aliphatic heterocycles. The summed E-state index contributed by atoms with van der Waals surface area (Å²) in [5.74, 6) is 1.06. The van der Waals surface area contributed by atoms with Gasteiger partial charge < -0.3 is 19.8 Å². The third kappa shape index (κ3) is 2.60. The molecule has 3 heterocycles. The van der Waals surface area contributed by atoms with Crippen molar-refractivity contribution in [2.75, 3.05) is 0 Å². The molecule has 2 aliphatic rings. The first-order valence-electron chi connectivity index (χ1n) is 7.66. The van der Waals surface area contributed by atoms with Crippen LogP contribution in [-0.4, -0.2) is 24.0 Å². The molecule has 1 aromatic carbocycles. The van der Waals surface area contributed by atoms with Gasteiger partial charge in [0.25, 0.3) is 11.9 Å². The Kier molecular flexibility index (Phi) is 3.35. The lowest BCUT2D eigenvalue weighted by Gasteiger charge is -2.21. The molecule has 3 atom stereocenters. The van der Waals surface area contributed by atoms with Crippen molar-refractivity contribution < 1.29 is 13.9 Å². The summed E-state index contributed by atoms with van der Waals surface area (Å²) in [5.41, 5.74) is 0.648. The van der Waals surface area contributed by atoms with Crippen LogP contribution in [-0.2, 0) is 0 Å². The Balaban J connectivity index is 1.38. The third-order valence-corrected chi connectivity index (χ3v) is 4.45. The number of amides is 1. The van der Waals surface area contributed by atoms with E-state index in [1.807, 2.05) is 0 Å². The molecule has 1 amide bonds. The predicted octanol–water partition coefficient (Wildman–Crippen LogP) is 2.69. The molecular formula is C17H18N2O3. The highest BCUT2D eigenvalue weighted by Crippen LogP contribution is 2.28. The molecule has 0 spiro atoms. The van der Waals surface area contributed by atoms with Crippen LogP contribution in [0, 0.1) is 0 Å². The van der Waals surface area contributed by atoms with Gasteiger partial charge in [-0.15, -0.1) is 0 Å². The topological polar surface area (TPSA) is 63.5 Å². The maximum atomic E-state index is 12.3. The van der Waals surface area contributed by atoms with Crippen molar-refractivity contribution in [3.8, 4) is 11.7 Å². The maximum Gasteiger partial charge on any atom is 0.289 e. The summed E-state index contributed by atoms with van der Waals surface area (Å²) in [6.07, 6.45) is 4.98. The quantitative estimate of drug-likeness (QED) is 0.911. The minimum absolute atomic E-state index is 0.0242. The Bertz CT molecular complexity index is 651. The van der Waals surface area contributed by atoms with E-state index in [1.54, 1.807) is 42.7 Å². The van der Waals surface area contributed by atoms with Crippen molar-refractivity contribution >= 4 is 5.91 Å². The monoisotopic (exact) mass is 298 g/mol. The average Bonchev–Trinajstić information content (AvgIpc) is 3.25. The van der Waals surface area contributed by atoms with Gasteiger partial charge in [0, 0.05) is 29.8 Å². The van der Waals surface area contributed by atoms with Crippen molar-refractivity contribution in [2.45, 2.75) is 37.4 Å². The van der Waals surface area contributed by atoms with Gasteiger partial charge in [0.05, 0.1) is 6.26 Å². The van der Waals surface area contributed by atoms with Crippen LogP contribution in [0.3, 0.4) is 0 Å². The number of benzene rings is 1. The highest BCUT2D eigenvalue weighted by molar-refractivity contribution is 5.94. The molecular weight excluding hydrogens is 280 g/mol. The van der Waals surface area contributed by atoms with E-state index in [-0.39, 0.29) is 11.9 Å². The molecule has 5 nitrogen and oxygen atoms in total. The van der Waals surface area contributed by atoms with E-state index in [0.717, 1.165) is 12.8 Å². The van der Waals surface area contributed by atoms with Crippen LogP contribution in [0.5, 0.6) is 11.7 Å². The molecule has 2 aromatic rings. The van der Waals surface area contributed by atoms with Gasteiger partial charge in [0.15, 0.2) is 0 Å². The van der Waals surface area contributed by atoms with E-state index in [9.17, 15) is 4.79 Å². The van der Waals surface area contributed by atoms with E-state index in [0.29, 0.717) is 29.3 Å². The van der Waals surface area contributed by atoms with Crippen molar-refractivity contribution in [1.29, 1.82) is 0 Å². The van der Waals surface area contributed by atoms with Gasteiger partial charge in [-0.1, -0.05) is 0 Å². The van der Waals surface area contributed by atoms with Crippen LogP contribution in [0.25, 0.3) is 0 Å². The number of hydrogen-bond acceptors (Lipinski definition) is 4. The number of ether oxygens (including phenoxy) is 1. The highest BCUT2D eigenvalue weighted by Gasteiger charge is 2.39. The lowest BCUT2D eigenvalue weighted by Crippen LogP contribution is -2.42. The lowest BCUT2D eigenvalue weighted by atomic mass is 9.95. The summed E-state index contributed by atoms with van der Waals surface area (Å²) in [5, 5.41) is 6.65. The molecule has 0 saturated carbocycles. The molecule has 0 radical (unpaired) electrons. The zero-order valence-electron chi connectivity index (χ0n) is 12.1. The van der Waals surface area contributed by atoms with Crippen molar-refractivity contribution in [3.05, 3.63) is 48.2 Å². The normalized spacial score (nSPS) is 26.1. The smallest absolute Gasteiger partial charge is 0.289 e. The molecule has 2 N–H and O–H groups in total. The van der Waals surface area contributed by atoms with Crippen molar-refractivity contribution in [3.63, 3.8) is 0 Å². The standard InChI is InChI=1S/C17H18N2O3/c20-17(19-15-10-12-5-8-14(15)18-12)11-3-6-13(7-4-11)22-16-2-1-9-21-16/h1-4,6-7,9,12,14-15,18H,5,8,10H2,(H,19,20)/t12-,14+,15-/m1/s1. The predicted molar refractivity (Wildman–Crippen MR) is 81.0 cm³/mol. The van der Waals surface area contributed by atoms with Crippen LogP contribution < -0.4 is 15.4 Å². The van der Waals surface area contributed by atoms with Crippen LogP contribution in [0.4, 0.5) is 0 Å². The van der Waals surface area contributed by atoms with Crippen LogP contribution in [0.2, 0.25) is 0 Å². The molecule has 1 aromatic heterocycles. The Morgan fingerprint density at radius 1 is 1.23 bits per heavy atom. The summed E-state index contributed by atoms with van der Waals surface area (Å²) >= 11 is 0. The molecule has 2 fully saturated rings. The van der Waals surface area contributed by atoms with Crippen LogP contribution in [0.15, 0.2) is 47.1 Å². The molecule has 114 valence electrons. The van der Waals surface area contributed by atoms with E-state index in [2.05, 4.69) is 10.6 Å². The lowest BCUT2D eigenvalue weighted by molar-refractivity contribution is 0.0931. The van der Waals surface area contributed by atoms with Crippen LogP contribution >= 0.6 is 0 Å². The van der Waals surface area contributed by atoms with E-state index in [4.69, 9.17) is 9.15 Å². The minimum Gasteiger partial charge on any atom is -0.434 e. The molecule has 2 saturated heterocycles. The average molecular weight is 298 g/mol. The fourth-order valence-electron chi connectivity index (χ4n) is 3.35. The second kappa shape index (κ2) is 5.50. The number of carbonyl (C=O) groups excluding carboxylic acids is 1. The van der Waals surface area contributed by atoms with E-state index >= 15 is 0 Å². The number of nitrogens with one attached hydrogen (secondary N) is 2. The van der Waals surface area contributed by atoms with Crippen molar-refractivity contribution in [2.24, 2.45) is 0 Å². The Labute approximate surface area is 128 Å². The zero-order chi connectivity index (χ0) is 14.9. The number of carbonyl (C=O) groups is 1. The number of hydrogen-bond donors (Lipinski definition) is 2. The maximum absolute atomic E-state index is 12.3. The summed E-state index contributed by atoms with van der Waals surface area (Å²) in [4.78, 5) is 12.3. The van der Waals surface area contributed by atoms with Gasteiger partial charge in [-0.3, -0.25) is 4.79 Å². The van der Waals surface area contributed by atoms with Gasteiger partial charge in [-0.25, -0.2) is 0 Å². The van der Waals surface area contributed by atoms with E-state index < -0.39 is 0 Å². The van der Waals surface area contributed by atoms with E-state index in [1.165, 1.54) is 6.42 Å². The molecule has 22 heavy (non-hydrogen) atoms. The molecule has 2 bridgehead atoms. The largest absolute Gasteiger partial charge is 0.434 e. The summed E-state index contributed by atoms with van der Waals surface area (Å²) in [6, 6.07) is 11.9. The first-order chi connectivity index (χ1) is 10.8. The Hall–Kier alpha value is -2.27. The van der Waals surface area contributed by atoms with Gasteiger partial charge in [-0.2, -0.15) is 0 Å². The van der Waals surface area contributed by atoms with Gasteiger partial charge >= 0.3 is 0 Å². The summed E-state index contributed by atoms with van der Waals surface area (Å²) in [6.45, 7) is 0. The molecule has 5 heteroatoms. The minimum atomic E-state index is -0.0242. The second-order valence-corrected chi connectivity index (χ2v) is 5.92. The van der Waals surface area contributed by atoms with Gasteiger partial charge in [0.2, 0.25) is 0 Å². The Morgan fingerprint density at radius 3 is 2.73 bits per heavy atom. The Morgan fingerprint density at radius 2 is 2.09 bits per heavy atom. The van der Waals surface area contributed by atoms with Crippen molar-refractivity contribution in [1.82, 2.24) is 10.6 Å². The third-order valence-electron chi connectivity index (χ3n) is 4.45. The second-order valence-electron chi connectivity index (χ2n) is 5.92. The fraction of sp³-hybridized carbons (Fsp3) is 0.353.